The van der Waals surface area contributed by atoms with Crippen molar-refractivity contribution in [3.63, 3.8) is 0 Å². The average Bonchev–Trinajstić information content (AvgIpc) is 3.67. The van der Waals surface area contributed by atoms with E-state index in [1.54, 1.807) is 17.5 Å². The van der Waals surface area contributed by atoms with E-state index in [1.165, 1.54) is 0 Å². The Kier molecular flexibility index (Phi) is 5.57. The van der Waals surface area contributed by atoms with Gasteiger partial charge in [0, 0.05) is 44.4 Å². The number of fused-ring (bicyclic) bond motifs is 6. The van der Waals surface area contributed by atoms with Gasteiger partial charge in [0.2, 0.25) is 0 Å². The standard InChI is InChI=1S/C37H21N5OS/c1-2-16-31-23(9-1)24-10-7-11-25(35(24)43-31)28-14-8-15-29(40-28)34-36-33(41-37(42-34)30-13-4-6-20-39-30)26-21-22(17-18-32(26)44-36)27-12-3-5-19-38-27/h1-21H. The molecular weight excluding hydrogens is 563 g/mol. The van der Waals surface area contributed by atoms with Crippen LogP contribution in [0.15, 0.2) is 132 Å². The first-order chi connectivity index (χ1) is 21.8. The van der Waals surface area contributed by atoms with E-state index in [2.05, 4.69) is 52.4 Å². The first kappa shape index (κ1) is 24.8. The molecule has 3 aromatic carbocycles. The van der Waals surface area contributed by atoms with E-state index < -0.39 is 0 Å². The van der Waals surface area contributed by atoms with Crippen LogP contribution in [0.5, 0.6) is 0 Å². The molecule has 0 bridgehead atoms. The minimum Gasteiger partial charge on any atom is -0.455 e. The second-order valence-corrected chi connectivity index (χ2v) is 11.6. The van der Waals surface area contributed by atoms with E-state index in [-0.39, 0.29) is 0 Å². The maximum Gasteiger partial charge on any atom is 0.179 e. The maximum atomic E-state index is 6.34. The lowest BCUT2D eigenvalue weighted by molar-refractivity contribution is 0.670. The predicted octanol–water partition coefficient (Wildman–Crippen LogP) is 9.60. The smallest absolute Gasteiger partial charge is 0.179 e. The molecule has 0 aliphatic heterocycles. The van der Waals surface area contributed by atoms with Crippen LogP contribution in [0.3, 0.4) is 0 Å². The number of furan rings is 1. The normalized spacial score (nSPS) is 11.6. The summed E-state index contributed by atoms with van der Waals surface area (Å²) in [5, 5.41) is 3.21. The summed E-state index contributed by atoms with van der Waals surface area (Å²) in [6.07, 6.45) is 3.58. The van der Waals surface area contributed by atoms with Crippen molar-refractivity contribution in [2.24, 2.45) is 0 Å². The molecule has 0 amide bonds. The van der Waals surface area contributed by atoms with Crippen molar-refractivity contribution >= 4 is 53.6 Å². The monoisotopic (exact) mass is 583 g/mol. The van der Waals surface area contributed by atoms with E-state index in [9.17, 15) is 0 Å². The fourth-order valence-electron chi connectivity index (χ4n) is 5.79. The molecule has 0 saturated carbocycles. The van der Waals surface area contributed by atoms with Crippen molar-refractivity contribution in [1.29, 1.82) is 0 Å². The molecule has 9 aromatic rings. The number of rotatable bonds is 4. The number of aromatic nitrogens is 5. The van der Waals surface area contributed by atoms with Gasteiger partial charge in [-0.25, -0.2) is 15.0 Å². The van der Waals surface area contributed by atoms with Gasteiger partial charge in [0.05, 0.1) is 27.3 Å². The SMILES string of the molecule is c1ccc(-c2ccc3sc4c(-c5cccc(-c6cccc7c6oc6ccccc67)n5)nc(-c5ccccn5)nc4c3c2)nc1. The molecule has 9 rings (SSSR count). The van der Waals surface area contributed by atoms with Crippen LogP contribution >= 0.6 is 11.3 Å². The maximum absolute atomic E-state index is 6.34. The number of hydrogen-bond acceptors (Lipinski definition) is 7. The van der Waals surface area contributed by atoms with Gasteiger partial charge in [0.25, 0.3) is 0 Å². The highest BCUT2D eigenvalue weighted by atomic mass is 32.1. The zero-order valence-corrected chi connectivity index (χ0v) is 24.0. The van der Waals surface area contributed by atoms with E-state index in [4.69, 9.17) is 19.4 Å². The van der Waals surface area contributed by atoms with Crippen molar-refractivity contribution in [2.75, 3.05) is 0 Å². The first-order valence-electron chi connectivity index (χ1n) is 14.3. The van der Waals surface area contributed by atoms with Crippen molar-refractivity contribution in [3.8, 4) is 45.4 Å². The molecule has 0 fully saturated rings. The van der Waals surface area contributed by atoms with Crippen LogP contribution in [-0.4, -0.2) is 24.9 Å². The third-order valence-electron chi connectivity index (χ3n) is 7.84. The topological polar surface area (TPSA) is 77.6 Å². The lowest BCUT2D eigenvalue weighted by Crippen LogP contribution is -1.97. The average molecular weight is 584 g/mol. The fraction of sp³-hybridized carbons (Fsp3) is 0. The van der Waals surface area contributed by atoms with Gasteiger partial charge >= 0.3 is 0 Å². The van der Waals surface area contributed by atoms with Crippen LogP contribution in [0.2, 0.25) is 0 Å². The molecule has 0 radical (unpaired) electrons. The number of para-hydroxylation sites is 2. The third-order valence-corrected chi connectivity index (χ3v) is 9.01. The highest BCUT2D eigenvalue weighted by molar-refractivity contribution is 7.26. The second-order valence-electron chi connectivity index (χ2n) is 10.5. The fourth-order valence-corrected chi connectivity index (χ4v) is 6.91. The van der Waals surface area contributed by atoms with Crippen LogP contribution in [0.4, 0.5) is 0 Å². The Balaban J connectivity index is 1.28. The quantitative estimate of drug-likeness (QED) is 0.205. The van der Waals surface area contributed by atoms with Crippen molar-refractivity contribution in [2.45, 2.75) is 0 Å². The molecule has 0 N–H and O–H groups in total. The van der Waals surface area contributed by atoms with Crippen molar-refractivity contribution in [1.82, 2.24) is 24.9 Å². The van der Waals surface area contributed by atoms with Gasteiger partial charge in [0.1, 0.15) is 22.6 Å². The largest absolute Gasteiger partial charge is 0.455 e. The van der Waals surface area contributed by atoms with Crippen molar-refractivity contribution < 1.29 is 4.42 Å². The summed E-state index contributed by atoms with van der Waals surface area (Å²) >= 11 is 1.67. The summed E-state index contributed by atoms with van der Waals surface area (Å²) in [6.45, 7) is 0. The Bertz CT molecular complexity index is 2500. The molecule has 6 nitrogen and oxygen atoms in total. The zero-order valence-electron chi connectivity index (χ0n) is 23.2. The van der Waals surface area contributed by atoms with Gasteiger partial charge in [0.15, 0.2) is 5.82 Å². The summed E-state index contributed by atoms with van der Waals surface area (Å²) in [5.74, 6) is 0.558. The number of benzene rings is 3. The molecular formula is C37H21N5OS. The summed E-state index contributed by atoms with van der Waals surface area (Å²) in [5.41, 5.74) is 8.51. The Morgan fingerprint density at radius 1 is 0.545 bits per heavy atom. The number of hydrogen-bond donors (Lipinski definition) is 0. The molecule has 0 unspecified atom stereocenters. The van der Waals surface area contributed by atoms with Gasteiger partial charge in [-0.3, -0.25) is 9.97 Å². The van der Waals surface area contributed by atoms with Crippen LogP contribution in [-0.2, 0) is 0 Å². The molecule has 6 aromatic heterocycles. The second kappa shape index (κ2) is 9.90. The van der Waals surface area contributed by atoms with E-state index in [1.807, 2.05) is 79.0 Å². The Morgan fingerprint density at radius 2 is 1.30 bits per heavy atom. The molecule has 6 heterocycles. The van der Waals surface area contributed by atoms with E-state index >= 15 is 0 Å². The predicted molar refractivity (Wildman–Crippen MR) is 177 cm³/mol. The van der Waals surface area contributed by atoms with E-state index in [0.29, 0.717) is 11.5 Å². The molecule has 0 spiro atoms. The van der Waals surface area contributed by atoms with Crippen LogP contribution in [0.25, 0.3) is 87.7 Å². The summed E-state index contributed by atoms with van der Waals surface area (Å²) in [7, 11) is 0. The number of thiophene rings is 1. The lowest BCUT2D eigenvalue weighted by atomic mass is 10.1. The molecule has 7 heteroatoms. The molecule has 0 atom stereocenters. The Labute approximate surface area is 255 Å². The Morgan fingerprint density at radius 3 is 2.16 bits per heavy atom. The minimum absolute atomic E-state index is 0.558. The van der Waals surface area contributed by atoms with Crippen LogP contribution < -0.4 is 0 Å². The highest BCUT2D eigenvalue weighted by Crippen LogP contribution is 2.41. The van der Waals surface area contributed by atoms with Gasteiger partial charge in [-0.15, -0.1) is 11.3 Å². The van der Waals surface area contributed by atoms with Gasteiger partial charge in [-0.05, 0) is 60.7 Å². The molecule has 0 aliphatic carbocycles. The number of nitrogens with zero attached hydrogens (tertiary/aromatic N) is 5. The van der Waals surface area contributed by atoms with Gasteiger partial charge < -0.3 is 4.42 Å². The van der Waals surface area contributed by atoms with Gasteiger partial charge in [-0.1, -0.05) is 54.6 Å². The highest BCUT2D eigenvalue weighted by Gasteiger charge is 2.20. The van der Waals surface area contributed by atoms with Crippen LogP contribution in [0.1, 0.15) is 0 Å². The molecule has 0 saturated heterocycles. The first-order valence-corrected chi connectivity index (χ1v) is 15.1. The zero-order chi connectivity index (χ0) is 29.0. The summed E-state index contributed by atoms with van der Waals surface area (Å²) in [6, 6.07) is 38.5. The molecule has 206 valence electrons. The van der Waals surface area contributed by atoms with Crippen LogP contribution in [0, 0.1) is 0 Å². The van der Waals surface area contributed by atoms with E-state index in [0.717, 1.165) is 76.1 Å². The molecule has 44 heavy (non-hydrogen) atoms. The molecule has 0 aliphatic rings. The summed E-state index contributed by atoms with van der Waals surface area (Å²) in [4.78, 5) is 24.5. The number of pyridine rings is 3. The van der Waals surface area contributed by atoms with Gasteiger partial charge in [-0.2, -0.15) is 0 Å². The third kappa shape index (κ3) is 3.98. The minimum atomic E-state index is 0.558. The summed E-state index contributed by atoms with van der Waals surface area (Å²) < 4.78 is 8.44. The van der Waals surface area contributed by atoms with Crippen molar-refractivity contribution in [3.05, 3.63) is 128 Å². The lowest BCUT2D eigenvalue weighted by Gasteiger charge is -2.08. The Hall–Kier alpha value is -5.79.